The number of amides is 1. The van der Waals surface area contributed by atoms with Crippen molar-refractivity contribution in [3.05, 3.63) is 119 Å². The van der Waals surface area contributed by atoms with E-state index in [4.69, 9.17) is 13.9 Å². The molecule has 3 heterocycles. The van der Waals surface area contributed by atoms with Crippen LogP contribution in [0.2, 0.25) is 0 Å². The smallest absolute Gasteiger partial charge is 0.296 e. The molecule has 1 N–H and O–H groups in total. The lowest BCUT2D eigenvalue weighted by atomic mass is 9.95. The Labute approximate surface area is 213 Å². The Kier molecular flexibility index (Phi) is 6.72. The number of ketones is 1. The number of carbonyl (C=O) groups is 2. The molecule has 0 radical (unpaired) electrons. The number of furan rings is 1. The van der Waals surface area contributed by atoms with Gasteiger partial charge in [0.2, 0.25) is 0 Å². The Morgan fingerprint density at radius 2 is 1.78 bits per heavy atom. The second kappa shape index (κ2) is 10.4. The van der Waals surface area contributed by atoms with Gasteiger partial charge in [0.05, 0.1) is 31.5 Å². The molecule has 37 heavy (non-hydrogen) atoms. The fourth-order valence-corrected chi connectivity index (χ4v) is 4.33. The topological polar surface area (TPSA) is 102 Å². The zero-order chi connectivity index (χ0) is 25.8. The zero-order valence-corrected chi connectivity index (χ0v) is 20.0. The van der Waals surface area contributed by atoms with Crippen molar-refractivity contribution in [2.45, 2.75) is 19.2 Å². The van der Waals surface area contributed by atoms with Gasteiger partial charge in [-0.2, -0.15) is 0 Å². The van der Waals surface area contributed by atoms with Gasteiger partial charge in [0.15, 0.2) is 11.5 Å². The summed E-state index contributed by atoms with van der Waals surface area (Å²) in [5.41, 5.74) is 1.93. The standard InChI is InChI=1S/C29H24N2O6/c1-35-24-16-21(9-10-23(24)37-18-19-6-3-2-4-7-19)26-25(27(32)20-11-13-30-14-12-20)28(33)29(34)31(26)17-22-8-5-15-36-22/h2-16,26,32H,17-18H2,1H3. The van der Waals surface area contributed by atoms with E-state index in [1.807, 2.05) is 30.3 Å². The third-order valence-corrected chi connectivity index (χ3v) is 6.14. The highest BCUT2D eigenvalue weighted by atomic mass is 16.5. The Morgan fingerprint density at radius 3 is 2.49 bits per heavy atom. The fourth-order valence-electron chi connectivity index (χ4n) is 4.33. The molecule has 0 saturated carbocycles. The van der Waals surface area contributed by atoms with E-state index < -0.39 is 17.7 Å². The SMILES string of the molecule is COc1cc(C2C(=C(O)c3ccncc3)C(=O)C(=O)N2Cc2ccco2)ccc1OCc1ccccc1. The molecule has 8 heteroatoms. The van der Waals surface area contributed by atoms with E-state index in [2.05, 4.69) is 4.98 Å². The number of ether oxygens (including phenoxy) is 2. The minimum Gasteiger partial charge on any atom is -0.507 e. The molecule has 1 atom stereocenters. The molecule has 4 aromatic rings. The van der Waals surface area contributed by atoms with Gasteiger partial charge in [-0.1, -0.05) is 36.4 Å². The Morgan fingerprint density at radius 1 is 1.00 bits per heavy atom. The van der Waals surface area contributed by atoms with Gasteiger partial charge >= 0.3 is 0 Å². The summed E-state index contributed by atoms with van der Waals surface area (Å²) in [6, 6.07) is 20.6. The summed E-state index contributed by atoms with van der Waals surface area (Å²) >= 11 is 0. The van der Waals surface area contributed by atoms with Crippen LogP contribution in [0.15, 0.2) is 101 Å². The van der Waals surface area contributed by atoms with Crippen LogP contribution in [0, 0.1) is 0 Å². The summed E-state index contributed by atoms with van der Waals surface area (Å²) in [6.45, 7) is 0.388. The van der Waals surface area contributed by atoms with Crippen LogP contribution in [0.4, 0.5) is 0 Å². The highest BCUT2D eigenvalue weighted by molar-refractivity contribution is 6.46. The predicted molar refractivity (Wildman–Crippen MR) is 135 cm³/mol. The summed E-state index contributed by atoms with van der Waals surface area (Å²) in [5.74, 6) is -0.357. The van der Waals surface area contributed by atoms with E-state index >= 15 is 0 Å². The third kappa shape index (κ3) is 4.81. The molecule has 1 fully saturated rings. The lowest BCUT2D eigenvalue weighted by Crippen LogP contribution is -2.29. The number of benzene rings is 2. The molecular weight excluding hydrogens is 472 g/mol. The lowest BCUT2D eigenvalue weighted by molar-refractivity contribution is -0.140. The summed E-state index contributed by atoms with van der Waals surface area (Å²) in [4.78, 5) is 31.7. The van der Waals surface area contributed by atoms with Crippen LogP contribution in [0.25, 0.3) is 5.76 Å². The van der Waals surface area contributed by atoms with Crippen LogP contribution in [0.5, 0.6) is 11.5 Å². The van der Waals surface area contributed by atoms with Crippen molar-refractivity contribution in [1.82, 2.24) is 9.88 Å². The molecule has 5 rings (SSSR count). The average molecular weight is 497 g/mol. The quantitative estimate of drug-likeness (QED) is 0.211. The zero-order valence-electron chi connectivity index (χ0n) is 20.0. The van der Waals surface area contributed by atoms with E-state index in [0.717, 1.165) is 5.56 Å². The molecule has 1 aliphatic rings. The van der Waals surface area contributed by atoms with Crippen molar-refractivity contribution in [2.24, 2.45) is 0 Å². The Bertz CT molecular complexity index is 1430. The van der Waals surface area contributed by atoms with Gasteiger partial charge in [-0.15, -0.1) is 0 Å². The van der Waals surface area contributed by atoms with Gasteiger partial charge in [-0.05, 0) is 47.5 Å². The highest BCUT2D eigenvalue weighted by Crippen LogP contribution is 2.42. The molecule has 2 aromatic carbocycles. The van der Waals surface area contributed by atoms with Crippen molar-refractivity contribution in [3.63, 3.8) is 0 Å². The first-order chi connectivity index (χ1) is 18.1. The summed E-state index contributed by atoms with van der Waals surface area (Å²) < 4.78 is 17.0. The summed E-state index contributed by atoms with van der Waals surface area (Å²) in [5, 5.41) is 11.1. The predicted octanol–water partition coefficient (Wildman–Crippen LogP) is 4.88. The molecule has 186 valence electrons. The second-order valence-electron chi connectivity index (χ2n) is 8.43. The van der Waals surface area contributed by atoms with E-state index in [0.29, 0.717) is 35.0 Å². The largest absolute Gasteiger partial charge is 0.507 e. The van der Waals surface area contributed by atoms with Crippen molar-refractivity contribution in [1.29, 1.82) is 0 Å². The lowest BCUT2D eigenvalue weighted by Gasteiger charge is -2.25. The minimum absolute atomic E-state index is 0.0252. The number of hydrogen-bond donors (Lipinski definition) is 1. The Hall–Kier alpha value is -4.85. The maximum atomic E-state index is 13.2. The van der Waals surface area contributed by atoms with Gasteiger partial charge in [0.25, 0.3) is 11.7 Å². The van der Waals surface area contributed by atoms with Crippen LogP contribution in [0.1, 0.15) is 28.5 Å². The number of aliphatic hydroxyl groups is 1. The molecule has 1 amide bonds. The minimum atomic E-state index is -0.879. The van der Waals surface area contributed by atoms with Gasteiger partial charge in [0, 0.05) is 18.0 Å². The molecule has 0 spiro atoms. The molecule has 0 aliphatic carbocycles. The molecular formula is C29H24N2O6. The first kappa shape index (κ1) is 23.9. The van der Waals surface area contributed by atoms with Crippen molar-refractivity contribution in [2.75, 3.05) is 7.11 Å². The van der Waals surface area contributed by atoms with Crippen LogP contribution in [-0.2, 0) is 22.7 Å². The maximum absolute atomic E-state index is 13.2. The average Bonchev–Trinajstić information content (AvgIpc) is 3.55. The number of aliphatic hydroxyl groups excluding tert-OH is 1. The number of pyridine rings is 1. The second-order valence-corrected chi connectivity index (χ2v) is 8.43. The molecule has 2 aromatic heterocycles. The molecule has 0 bridgehead atoms. The third-order valence-electron chi connectivity index (χ3n) is 6.14. The van der Waals surface area contributed by atoms with E-state index in [1.54, 1.807) is 42.5 Å². The summed E-state index contributed by atoms with van der Waals surface area (Å²) in [7, 11) is 1.52. The van der Waals surface area contributed by atoms with Gasteiger partial charge in [0.1, 0.15) is 18.1 Å². The van der Waals surface area contributed by atoms with Crippen LogP contribution in [-0.4, -0.2) is 33.8 Å². The molecule has 8 nitrogen and oxygen atoms in total. The number of aromatic nitrogens is 1. The normalized spacial score (nSPS) is 16.7. The first-order valence-electron chi connectivity index (χ1n) is 11.6. The van der Waals surface area contributed by atoms with E-state index in [-0.39, 0.29) is 17.9 Å². The molecule has 1 saturated heterocycles. The van der Waals surface area contributed by atoms with Crippen molar-refractivity contribution in [3.8, 4) is 11.5 Å². The van der Waals surface area contributed by atoms with Gasteiger partial charge in [-0.25, -0.2) is 0 Å². The monoisotopic (exact) mass is 496 g/mol. The van der Waals surface area contributed by atoms with E-state index in [9.17, 15) is 14.7 Å². The number of likely N-dealkylation sites (tertiary alicyclic amines) is 1. The maximum Gasteiger partial charge on any atom is 0.296 e. The number of rotatable bonds is 8. The van der Waals surface area contributed by atoms with Crippen LogP contribution in [0.3, 0.4) is 0 Å². The van der Waals surface area contributed by atoms with Gasteiger partial charge < -0.3 is 23.9 Å². The number of methoxy groups -OCH3 is 1. The van der Waals surface area contributed by atoms with Crippen LogP contribution >= 0.6 is 0 Å². The highest BCUT2D eigenvalue weighted by Gasteiger charge is 2.46. The van der Waals surface area contributed by atoms with Crippen molar-refractivity contribution >= 4 is 17.4 Å². The first-order valence-corrected chi connectivity index (χ1v) is 11.6. The van der Waals surface area contributed by atoms with Gasteiger partial charge in [-0.3, -0.25) is 14.6 Å². The fraction of sp³-hybridized carbons (Fsp3) is 0.138. The summed E-state index contributed by atoms with van der Waals surface area (Å²) in [6.07, 6.45) is 4.51. The molecule has 1 aliphatic heterocycles. The van der Waals surface area contributed by atoms with E-state index in [1.165, 1.54) is 30.7 Å². The van der Waals surface area contributed by atoms with Crippen molar-refractivity contribution < 1.29 is 28.6 Å². The Balaban J connectivity index is 1.56. The van der Waals surface area contributed by atoms with Crippen LogP contribution < -0.4 is 9.47 Å². The number of Topliss-reactive ketones (excluding diaryl/α,β-unsaturated/α-hetero) is 1. The number of carbonyl (C=O) groups excluding carboxylic acids is 2. The molecule has 1 unspecified atom stereocenters. The number of hydrogen-bond acceptors (Lipinski definition) is 7. The number of nitrogens with zero attached hydrogens (tertiary/aromatic N) is 2.